The number of fused-ring (bicyclic) bond motifs is 5. The average molecular weight is 232 g/mol. The third-order valence-electron chi connectivity index (χ3n) is 5.25. The summed E-state index contributed by atoms with van der Waals surface area (Å²) in [6.07, 6.45) is 6.08. The molecule has 3 saturated carbocycles. The van der Waals surface area contributed by atoms with Gasteiger partial charge in [0.1, 0.15) is 5.76 Å². The van der Waals surface area contributed by atoms with Crippen molar-refractivity contribution in [2.24, 2.45) is 23.7 Å². The Kier molecular flexibility index (Phi) is 2.13. The Hall–Kier alpha value is -0.830. The number of hydrogen-bond acceptors (Lipinski definition) is 3. The van der Waals surface area contributed by atoms with E-state index in [-0.39, 0.29) is 0 Å². The fourth-order valence-electron chi connectivity index (χ4n) is 4.60. The molecule has 2 bridgehead atoms. The van der Waals surface area contributed by atoms with Gasteiger partial charge >= 0.3 is 0 Å². The van der Waals surface area contributed by atoms with Crippen LogP contribution in [-0.2, 0) is 6.54 Å². The molecule has 0 saturated heterocycles. The normalized spacial score (nSPS) is 41.8. The van der Waals surface area contributed by atoms with Gasteiger partial charge in [0.05, 0.1) is 5.69 Å². The SMILES string of the molecule is CCNCc1ncoc1C1C2C3CCC(C3)C12. The Bertz CT molecular complexity index is 412. The highest BCUT2D eigenvalue weighted by atomic mass is 16.3. The molecule has 17 heavy (non-hydrogen) atoms. The summed E-state index contributed by atoms with van der Waals surface area (Å²) in [5.74, 6) is 5.83. The molecule has 3 aliphatic rings. The Balaban J connectivity index is 1.55. The first kappa shape index (κ1) is 10.1. The van der Waals surface area contributed by atoms with Gasteiger partial charge < -0.3 is 9.73 Å². The standard InChI is InChI=1S/C14H20N2O/c1-2-15-6-10-14(17-7-16-10)13-11-8-3-4-9(5-8)12(11)13/h7-9,11-13,15H,2-6H2,1H3. The molecule has 1 aromatic heterocycles. The highest BCUT2D eigenvalue weighted by Gasteiger charge is 2.66. The molecule has 0 radical (unpaired) electrons. The van der Waals surface area contributed by atoms with Crippen molar-refractivity contribution in [2.45, 2.75) is 38.6 Å². The second-order valence-corrected chi connectivity index (χ2v) is 5.96. The van der Waals surface area contributed by atoms with Crippen LogP contribution in [0.5, 0.6) is 0 Å². The van der Waals surface area contributed by atoms with Crippen LogP contribution in [0.15, 0.2) is 10.8 Å². The number of oxazole rings is 1. The highest BCUT2D eigenvalue weighted by Crippen LogP contribution is 2.73. The molecule has 1 N–H and O–H groups in total. The van der Waals surface area contributed by atoms with E-state index in [4.69, 9.17) is 4.42 Å². The summed E-state index contributed by atoms with van der Waals surface area (Å²) in [5, 5.41) is 3.35. The van der Waals surface area contributed by atoms with Crippen molar-refractivity contribution in [3.8, 4) is 0 Å². The maximum Gasteiger partial charge on any atom is 0.181 e. The molecule has 1 aromatic rings. The Morgan fingerprint density at radius 2 is 2.12 bits per heavy atom. The summed E-state index contributed by atoms with van der Waals surface area (Å²) >= 11 is 0. The topological polar surface area (TPSA) is 38.1 Å². The number of aromatic nitrogens is 1. The van der Waals surface area contributed by atoms with E-state index >= 15 is 0 Å². The quantitative estimate of drug-likeness (QED) is 0.867. The van der Waals surface area contributed by atoms with Crippen LogP contribution in [0.3, 0.4) is 0 Å². The molecule has 3 nitrogen and oxygen atoms in total. The first-order chi connectivity index (χ1) is 8.40. The van der Waals surface area contributed by atoms with E-state index in [9.17, 15) is 0 Å². The van der Waals surface area contributed by atoms with Crippen LogP contribution in [0.25, 0.3) is 0 Å². The van der Waals surface area contributed by atoms with Crippen LogP contribution in [0.2, 0.25) is 0 Å². The van der Waals surface area contributed by atoms with E-state index in [1.807, 2.05) is 0 Å². The van der Waals surface area contributed by atoms with Gasteiger partial charge in [-0.25, -0.2) is 4.98 Å². The van der Waals surface area contributed by atoms with Gasteiger partial charge in [-0.05, 0) is 49.5 Å². The fourth-order valence-corrected chi connectivity index (χ4v) is 4.60. The summed E-state index contributed by atoms with van der Waals surface area (Å²) in [7, 11) is 0. The maximum atomic E-state index is 5.70. The van der Waals surface area contributed by atoms with E-state index in [0.717, 1.165) is 48.4 Å². The lowest BCUT2D eigenvalue weighted by Gasteiger charge is -2.07. The van der Waals surface area contributed by atoms with E-state index in [0.29, 0.717) is 0 Å². The van der Waals surface area contributed by atoms with Gasteiger partial charge in [0.2, 0.25) is 0 Å². The fraction of sp³-hybridized carbons (Fsp3) is 0.786. The lowest BCUT2D eigenvalue weighted by Crippen LogP contribution is -2.13. The molecular formula is C14H20N2O. The van der Waals surface area contributed by atoms with Crippen molar-refractivity contribution in [1.29, 1.82) is 0 Å². The Morgan fingerprint density at radius 1 is 1.35 bits per heavy atom. The molecule has 0 aliphatic heterocycles. The summed E-state index contributed by atoms with van der Waals surface area (Å²) in [5.41, 5.74) is 1.16. The van der Waals surface area contributed by atoms with Crippen molar-refractivity contribution >= 4 is 0 Å². The predicted octanol–water partition coefficient (Wildman–Crippen LogP) is 2.54. The summed E-state index contributed by atoms with van der Waals surface area (Å²) in [4.78, 5) is 4.38. The lowest BCUT2D eigenvalue weighted by atomic mass is 10.00. The number of nitrogens with zero attached hydrogens (tertiary/aromatic N) is 1. The molecule has 3 heteroatoms. The van der Waals surface area contributed by atoms with Crippen LogP contribution >= 0.6 is 0 Å². The monoisotopic (exact) mass is 232 g/mol. The van der Waals surface area contributed by atoms with Gasteiger partial charge in [-0.2, -0.15) is 0 Å². The van der Waals surface area contributed by atoms with Gasteiger partial charge in [0.25, 0.3) is 0 Å². The molecule has 4 unspecified atom stereocenters. The maximum absolute atomic E-state index is 5.70. The zero-order chi connectivity index (χ0) is 11.4. The molecule has 4 atom stereocenters. The van der Waals surface area contributed by atoms with Gasteiger partial charge in [-0.3, -0.25) is 0 Å². The van der Waals surface area contributed by atoms with Crippen molar-refractivity contribution in [1.82, 2.24) is 10.3 Å². The molecule has 1 heterocycles. The lowest BCUT2D eigenvalue weighted by molar-refractivity contribution is 0.438. The largest absolute Gasteiger partial charge is 0.448 e. The van der Waals surface area contributed by atoms with Crippen LogP contribution < -0.4 is 5.32 Å². The molecule has 4 rings (SSSR count). The molecule has 3 fully saturated rings. The van der Waals surface area contributed by atoms with E-state index in [1.165, 1.54) is 25.0 Å². The van der Waals surface area contributed by atoms with Crippen molar-refractivity contribution in [3.05, 3.63) is 17.8 Å². The van der Waals surface area contributed by atoms with E-state index in [1.54, 1.807) is 6.39 Å². The average Bonchev–Trinajstić information content (AvgIpc) is 2.78. The zero-order valence-electron chi connectivity index (χ0n) is 10.4. The molecule has 3 aliphatic carbocycles. The smallest absolute Gasteiger partial charge is 0.181 e. The molecule has 0 spiro atoms. The van der Waals surface area contributed by atoms with Crippen LogP contribution in [0.1, 0.15) is 43.6 Å². The third-order valence-corrected chi connectivity index (χ3v) is 5.25. The molecule has 0 amide bonds. The molecule has 0 aromatic carbocycles. The Labute approximate surface area is 102 Å². The van der Waals surface area contributed by atoms with Crippen molar-refractivity contribution in [3.63, 3.8) is 0 Å². The minimum absolute atomic E-state index is 0.720. The number of rotatable bonds is 4. The minimum Gasteiger partial charge on any atom is -0.448 e. The van der Waals surface area contributed by atoms with Crippen molar-refractivity contribution in [2.75, 3.05) is 6.54 Å². The number of nitrogens with one attached hydrogen (secondary N) is 1. The predicted molar refractivity (Wildman–Crippen MR) is 64.4 cm³/mol. The summed E-state index contributed by atoms with van der Waals surface area (Å²) in [6, 6.07) is 0. The Morgan fingerprint density at radius 3 is 2.82 bits per heavy atom. The van der Waals surface area contributed by atoms with E-state index < -0.39 is 0 Å². The van der Waals surface area contributed by atoms with Gasteiger partial charge in [-0.15, -0.1) is 0 Å². The summed E-state index contributed by atoms with van der Waals surface area (Å²) < 4.78 is 5.70. The van der Waals surface area contributed by atoms with Crippen LogP contribution in [0.4, 0.5) is 0 Å². The van der Waals surface area contributed by atoms with Crippen molar-refractivity contribution < 1.29 is 4.42 Å². The minimum atomic E-state index is 0.720. The van der Waals surface area contributed by atoms with Gasteiger partial charge in [0.15, 0.2) is 6.39 Å². The second-order valence-electron chi connectivity index (χ2n) is 5.96. The first-order valence-electron chi connectivity index (χ1n) is 7.03. The highest BCUT2D eigenvalue weighted by molar-refractivity contribution is 5.29. The van der Waals surface area contributed by atoms with Gasteiger partial charge in [-0.1, -0.05) is 6.92 Å². The van der Waals surface area contributed by atoms with E-state index in [2.05, 4.69) is 17.2 Å². The zero-order valence-corrected chi connectivity index (χ0v) is 10.4. The molecular weight excluding hydrogens is 212 g/mol. The third kappa shape index (κ3) is 1.35. The van der Waals surface area contributed by atoms with Crippen LogP contribution in [0, 0.1) is 23.7 Å². The van der Waals surface area contributed by atoms with Crippen LogP contribution in [-0.4, -0.2) is 11.5 Å². The summed E-state index contributed by atoms with van der Waals surface area (Å²) in [6.45, 7) is 3.99. The first-order valence-corrected chi connectivity index (χ1v) is 7.03. The number of hydrogen-bond donors (Lipinski definition) is 1. The second kappa shape index (κ2) is 3.58. The molecule has 92 valence electrons. The van der Waals surface area contributed by atoms with Gasteiger partial charge in [0, 0.05) is 12.5 Å².